The van der Waals surface area contributed by atoms with Crippen LogP contribution in [0.3, 0.4) is 0 Å². The van der Waals surface area contributed by atoms with Gasteiger partial charge in [0, 0.05) is 32.2 Å². The van der Waals surface area contributed by atoms with Crippen molar-refractivity contribution >= 4 is 23.8 Å². The maximum absolute atomic E-state index is 12.5. The number of carbonyl (C=O) groups excluding carboxylic acids is 2. The summed E-state index contributed by atoms with van der Waals surface area (Å²) in [6.45, 7) is 2.64. The lowest BCUT2D eigenvalue weighted by atomic mass is 10.2. The highest BCUT2D eigenvalue weighted by atomic mass is 16.5. The quantitative estimate of drug-likeness (QED) is 0.757. The predicted octanol–water partition coefficient (Wildman–Crippen LogP) is 1.02. The molecule has 9 nitrogen and oxygen atoms in total. The van der Waals surface area contributed by atoms with E-state index in [0.29, 0.717) is 49.2 Å². The Hall–Kier alpha value is -3.36. The molecule has 1 N–H and O–H groups in total. The second-order valence-corrected chi connectivity index (χ2v) is 5.93. The molecule has 0 atom stereocenters. The molecule has 1 aromatic carbocycles. The van der Waals surface area contributed by atoms with Crippen molar-refractivity contribution in [3.63, 3.8) is 0 Å². The zero-order valence-electron chi connectivity index (χ0n) is 15.2. The SMILES string of the molecule is COc1ccc(OC)c(NC(=O)c2ccc(N3CCN(C=O)CC3)nn2)c1. The van der Waals surface area contributed by atoms with Gasteiger partial charge in [0.25, 0.3) is 5.91 Å². The third kappa shape index (κ3) is 4.25. The molecule has 0 radical (unpaired) electrons. The number of methoxy groups -OCH3 is 2. The maximum Gasteiger partial charge on any atom is 0.276 e. The second kappa shape index (κ2) is 8.35. The summed E-state index contributed by atoms with van der Waals surface area (Å²) in [6, 6.07) is 8.50. The molecular formula is C18H21N5O4. The Morgan fingerprint density at radius 3 is 2.44 bits per heavy atom. The summed E-state index contributed by atoms with van der Waals surface area (Å²) in [5.41, 5.74) is 0.674. The lowest BCUT2D eigenvalue weighted by Crippen LogP contribution is -2.46. The molecule has 2 amide bonds. The molecule has 2 heterocycles. The normalized spacial score (nSPS) is 13.9. The fourth-order valence-electron chi connectivity index (χ4n) is 2.77. The first-order chi connectivity index (χ1) is 13.1. The van der Waals surface area contributed by atoms with Crippen LogP contribution in [-0.2, 0) is 4.79 Å². The fourth-order valence-corrected chi connectivity index (χ4v) is 2.77. The minimum absolute atomic E-state index is 0.190. The highest BCUT2D eigenvalue weighted by molar-refractivity contribution is 6.03. The van der Waals surface area contributed by atoms with E-state index in [9.17, 15) is 9.59 Å². The van der Waals surface area contributed by atoms with Crippen LogP contribution in [0.1, 0.15) is 10.5 Å². The van der Waals surface area contributed by atoms with E-state index < -0.39 is 5.91 Å². The molecule has 0 aliphatic carbocycles. The molecule has 0 spiro atoms. The van der Waals surface area contributed by atoms with Gasteiger partial charge in [-0.05, 0) is 24.3 Å². The monoisotopic (exact) mass is 371 g/mol. The summed E-state index contributed by atoms with van der Waals surface area (Å²) >= 11 is 0. The van der Waals surface area contributed by atoms with Gasteiger partial charge in [-0.2, -0.15) is 0 Å². The fraction of sp³-hybridized carbons (Fsp3) is 0.333. The number of nitrogens with one attached hydrogen (secondary N) is 1. The number of benzene rings is 1. The first-order valence-electron chi connectivity index (χ1n) is 8.46. The number of anilines is 2. The van der Waals surface area contributed by atoms with Gasteiger partial charge in [0.15, 0.2) is 11.5 Å². The van der Waals surface area contributed by atoms with Gasteiger partial charge in [-0.25, -0.2) is 0 Å². The Morgan fingerprint density at radius 2 is 1.85 bits per heavy atom. The van der Waals surface area contributed by atoms with Crippen molar-refractivity contribution < 1.29 is 19.1 Å². The summed E-state index contributed by atoms with van der Waals surface area (Å²) in [5.74, 6) is 1.39. The van der Waals surface area contributed by atoms with Gasteiger partial charge in [-0.3, -0.25) is 9.59 Å². The molecule has 0 saturated carbocycles. The Morgan fingerprint density at radius 1 is 1.07 bits per heavy atom. The van der Waals surface area contributed by atoms with E-state index in [-0.39, 0.29) is 5.69 Å². The van der Waals surface area contributed by atoms with E-state index in [0.717, 1.165) is 6.41 Å². The van der Waals surface area contributed by atoms with Gasteiger partial charge < -0.3 is 24.6 Å². The number of piperazine rings is 1. The Kier molecular flexibility index (Phi) is 5.70. The van der Waals surface area contributed by atoms with Crippen LogP contribution in [0.5, 0.6) is 11.5 Å². The van der Waals surface area contributed by atoms with E-state index in [4.69, 9.17) is 9.47 Å². The zero-order chi connectivity index (χ0) is 19.2. The van der Waals surface area contributed by atoms with E-state index >= 15 is 0 Å². The molecule has 0 bridgehead atoms. The molecule has 1 aromatic heterocycles. The lowest BCUT2D eigenvalue weighted by molar-refractivity contribution is -0.118. The molecule has 1 aliphatic rings. The topological polar surface area (TPSA) is 96.9 Å². The van der Waals surface area contributed by atoms with Gasteiger partial charge in [-0.1, -0.05) is 0 Å². The molecular weight excluding hydrogens is 350 g/mol. The summed E-state index contributed by atoms with van der Waals surface area (Å²) in [6.07, 6.45) is 0.850. The molecule has 3 rings (SSSR count). The lowest BCUT2D eigenvalue weighted by Gasteiger charge is -2.32. The summed E-state index contributed by atoms with van der Waals surface area (Å²) < 4.78 is 10.4. The number of hydrogen-bond acceptors (Lipinski definition) is 7. The van der Waals surface area contributed by atoms with E-state index in [1.54, 1.807) is 42.3 Å². The Balaban J connectivity index is 1.68. The molecule has 142 valence electrons. The van der Waals surface area contributed by atoms with E-state index in [1.807, 2.05) is 4.90 Å². The van der Waals surface area contributed by atoms with Crippen LogP contribution in [0.2, 0.25) is 0 Å². The molecule has 9 heteroatoms. The number of hydrogen-bond donors (Lipinski definition) is 1. The van der Waals surface area contributed by atoms with Crippen molar-refractivity contribution in [3.8, 4) is 11.5 Å². The van der Waals surface area contributed by atoms with Crippen LogP contribution in [0.25, 0.3) is 0 Å². The van der Waals surface area contributed by atoms with Gasteiger partial charge in [-0.15, -0.1) is 10.2 Å². The van der Waals surface area contributed by atoms with Crippen LogP contribution in [-0.4, -0.2) is 67.8 Å². The molecule has 27 heavy (non-hydrogen) atoms. The van der Waals surface area contributed by atoms with E-state index in [1.165, 1.54) is 7.11 Å². The standard InChI is InChI=1S/C18H21N5O4/c1-26-13-3-5-16(27-2)15(11-13)19-18(25)14-4-6-17(21-20-14)23-9-7-22(12-24)8-10-23/h3-6,11-12H,7-10H2,1-2H3,(H,19,25). The predicted molar refractivity (Wildman–Crippen MR) is 99.4 cm³/mol. The average molecular weight is 371 g/mol. The van der Waals surface area contributed by atoms with Crippen molar-refractivity contribution in [1.82, 2.24) is 15.1 Å². The van der Waals surface area contributed by atoms with Crippen LogP contribution in [0.4, 0.5) is 11.5 Å². The first-order valence-corrected chi connectivity index (χ1v) is 8.46. The number of aromatic nitrogens is 2. The molecule has 1 fully saturated rings. The van der Waals surface area contributed by atoms with Gasteiger partial charge in [0.1, 0.15) is 11.5 Å². The van der Waals surface area contributed by atoms with Crippen LogP contribution >= 0.6 is 0 Å². The third-order valence-corrected chi connectivity index (χ3v) is 4.33. The maximum atomic E-state index is 12.5. The number of nitrogens with zero attached hydrogens (tertiary/aromatic N) is 4. The largest absolute Gasteiger partial charge is 0.497 e. The molecule has 1 aliphatic heterocycles. The number of rotatable bonds is 6. The smallest absolute Gasteiger partial charge is 0.276 e. The zero-order valence-corrected chi connectivity index (χ0v) is 15.2. The van der Waals surface area contributed by atoms with Gasteiger partial charge in [0.05, 0.1) is 19.9 Å². The number of amides is 2. The number of ether oxygens (including phenoxy) is 2. The van der Waals surface area contributed by atoms with Crippen molar-refractivity contribution in [2.75, 3.05) is 50.6 Å². The van der Waals surface area contributed by atoms with Crippen LogP contribution in [0.15, 0.2) is 30.3 Å². The van der Waals surface area contributed by atoms with E-state index in [2.05, 4.69) is 15.5 Å². The van der Waals surface area contributed by atoms with Crippen LogP contribution in [0, 0.1) is 0 Å². The van der Waals surface area contributed by atoms with Crippen molar-refractivity contribution in [2.45, 2.75) is 0 Å². The minimum atomic E-state index is -0.397. The molecule has 2 aromatic rings. The highest BCUT2D eigenvalue weighted by Crippen LogP contribution is 2.29. The summed E-state index contributed by atoms with van der Waals surface area (Å²) in [4.78, 5) is 27.0. The first kappa shape index (κ1) is 18.4. The Labute approximate surface area is 156 Å². The minimum Gasteiger partial charge on any atom is -0.497 e. The van der Waals surface area contributed by atoms with Crippen molar-refractivity contribution in [1.29, 1.82) is 0 Å². The van der Waals surface area contributed by atoms with Crippen LogP contribution < -0.4 is 19.7 Å². The number of carbonyl (C=O) groups is 2. The van der Waals surface area contributed by atoms with Crippen molar-refractivity contribution in [3.05, 3.63) is 36.0 Å². The highest BCUT2D eigenvalue weighted by Gasteiger charge is 2.18. The van der Waals surface area contributed by atoms with Gasteiger partial charge in [0.2, 0.25) is 6.41 Å². The average Bonchev–Trinajstić information content (AvgIpc) is 2.73. The summed E-state index contributed by atoms with van der Waals surface area (Å²) in [7, 11) is 3.07. The van der Waals surface area contributed by atoms with Gasteiger partial charge >= 0.3 is 0 Å². The summed E-state index contributed by atoms with van der Waals surface area (Å²) in [5, 5.41) is 10.9. The Bertz CT molecular complexity index is 804. The second-order valence-electron chi connectivity index (χ2n) is 5.93. The third-order valence-electron chi connectivity index (χ3n) is 4.33. The molecule has 0 unspecified atom stereocenters. The van der Waals surface area contributed by atoms with Crippen molar-refractivity contribution in [2.24, 2.45) is 0 Å². The molecule has 1 saturated heterocycles.